The van der Waals surface area contributed by atoms with Gasteiger partial charge in [-0.1, -0.05) is 24.3 Å². The SMILES string of the molecule is CN1CCN(CCCc2c(-c3ccc(C(F)(F)F)cc3)[nH]c(-c3ccccc3[N+](=O)[O-])c2C(N)=O)CC1. The Bertz CT molecular complexity index is 1280. The Hall–Kier alpha value is -3.70. The minimum absolute atomic E-state index is 0.113. The monoisotopic (exact) mass is 515 g/mol. The topological polar surface area (TPSA) is 108 Å². The number of piperazine rings is 1. The molecule has 3 N–H and O–H groups in total. The summed E-state index contributed by atoms with van der Waals surface area (Å²) in [5, 5.41) is 11.7. The van der Waals surface area contributed by atoms with E-state index >= 15 is 0 Å². The number of hydrogen-bond donors (Lipinski definition) is 2. The average Bonchev–Trinajstić information content (AvgIpc) is 3.24. The number of nitrogens with zero attached hydrogens (tertiary/aromatic N) is 3. The number of nitro groups is 1. The first-order valence-corrected chi connectivity index (χ1v) is 11.9. The van der Waals surface area contributed by atoms with Gasteiger partial charge in [0.25, 0.3) is 11.6 Å². The van der Waals surface area contributed by atoms with Crippen LogP contribution < -0.4 is 5.73 Å². The Morgan fingerprint density at radius 3 is 2.30 bits per heavy atom. The molecule has 4 rings (SSSR count). The maximum atomic E-state index is 13.1. The number of alkyl halides is 3. The lowest BCUT2D eigenvalue weighted by atomic mass is 9.96. The largest absolute Gasteiger partial charge is 0.416 e. The number of carbonyl (C=O) groups is 1. The molecular weight excluding hydrogens is 487 g/mol. The minimum Gasteiger partial charge on any atom is -0.366 e. The molecule has 1 aliphatic heterocycles. The van der Waals surface area contributed by atoms with E-state index in [2.05, 4.69) is 21.8 Å². The number of hydrogen-bond acceptors (Lipinski definition) is 5. The highest BCUT2D eigenvalue weighted by Crippen LogP contribution is 2.39. The number of likely N-dealkylation sites (N-methyl/N-ethyl adjacent to an activating group) is 1. The van der Waals surface area contributed by atoms with Gasteiger partial charge in [-0.3, -0.25) is 14.9 Å². The van der Waals surface area contributed by atoms with Crippen molar-refractivity contribution in [1.29, 1.82) is 0 Å². The zero-order valence-corrected chi connectivity index (χ0v) is 20.3. The van der Waals surface area contributed by atoms with Crippen LogP contribution in [-0.2, 0) is 12.6 Å². The van der Waals surface area contributed by atoms with Gasteiger partial charge in [-0.05, 0) is 55.8 Å². The normalized spacial score (nSPS) is 15.1. The molecule has 0 atom stereocenters. The first kappa shape index (κ1) is 26.4. The van der Waals surface area contributed by atoms with E-state index in [0.29, 0.717) is 29.7 Å². The maximum absolute atomic E-state index is 13.1. The molecule has 1 fully saturated rings. The smallest absolute Gasteiger partial charge is 0.366 e. The second-order valence-electron chi connectivity index (χ2n) is 9.19. The van der Waals surface area contributed by atoms with Crippen LogP contribution in [0.4, 0.5) is 18.9 Å². The van der Waals surface area contributed by atoms with Crippen LogP contribution in [0.1, 0.15) is 27.9 Å². The third-order valence-electron chi connectivity index (χ3n) is 6.72. The molecule has 8 nitrogen and oxygen atoms in total. The number of nitro benzene ring substituents is 1. The first-order chi connectivity index (χ1) is 17.6. The molecule has 11 heteroatoms. The van der Waals surface area contributed by atoms with Crippen molar-refractivity contribution in [2.24, 2.45) is 5.73 Å². The molecule has 0 bridgehead atoms. The van der Waals surface area contributed by atoms with E-state index in [1.807, 2.05) is 0 Å². The molecule has 2 heterocycles. The summed E-state index contributed by atoms with van der Waals surface area (Å²) in [7, 11) is 2.07. The Morgan fingerprint density at radius 1 is 1.05 bits per heavy atom. The predicted octanol–water partition coefficient (Wildman–Crippen LogP) is 4.55. The van der Waals surface area contributed by atoms with Gasteiger partial charge in [0.05, 0.1) is 27.3 Å². The van der Waals surface area contributed by atoms with Gasteiger partial charge in [0, 0.05) is 37.9 Å². The van der Waals surface area contributed by atoms with Crippen molar-refractivity contribution >= 4 is 11.6 Å². The second kappa shape index (κ2) is 10.7. The lowest BCUT2D eigenvalue weighted by Crippen LogP contribution is -2.44. The molecule has 3 aromatic rings. The summed E-state index contributed by atoms with van der Waals surface area (Å²) in [6.07, 6.45) is -3.41. The van der Waals surface area contributed by atoms with Crippen LogP contribution in [0.3, 0.4) is 0 Å². The van der Waals surface area contributed by atoms with Gasteiger partial charge in [0.1, 0.15) is 0 Å². The number of nitrogens with one attached hydrogen (secondary N) is 1. The number of para-hydroxylation sites is 1. The van der Waals surface area contributed by atoms with E-state index in [1.54, 1.807) is 6.07 Å². The van der Waals surface area contributed by atoms with Crippen molar-refractivity contribution in [1.82, 2.24) is 14.8 Å². The number of rotatable bonds is 8. The van der Waals surface area contributed by atoms with E-state index in [4.69, 9.17) is 5.73 Å². The molecule has 2 aromatic carbocycles. The van der Waals surface area contributed by atoms with Gasteiger partial charge >= 0.3 is 6.18 Å². The zero-order valence-electron chi connectivity index (χ0n) is 20.3. The van der Waals surface area contributed by atoms with Crippen molar-refractivity contribution in [3.8, 4) is 22.5 Å². The Morgan fingerprint density at radius 2 is 1.70 bits per heavy atom. The quantitative estimate of drug-likeness (QED) is 0.338. The molecular formula is C26H28F3N5O3. The van der Waals surface area contributed by atoms with Crippen LogP contribution in [0, 0.1) is 10.1 Å². The summed E-state index contributed by atoms with van der Waals surface area (Å²) < 4.78 is 39.4. The van der Waals surface area contributed by atoms with Gasteiger partial charge in [0.15, 0.2) is 0 Å². The summed E-state index contributed by atoms with van der Waals surface area (Å²) in [5.41, 5.74) is 6.64. The maximum Gasteiger partial charge on any atom is 0.416 e. The van der Waals surface area contributed by atoms with E-state index in [9.17, 15) is 28.1 Å². The fourth-order valence-corrected chi connectivity index (χ4v) is 4.73. The number of primary amides is 1. The summed E-state index contributed by atoms with van der Waals surface area (Å²) in [6.45, 7) is 4.51. The third kappa shape index (κ3) is 5.83. The van der Waals surface area contributed by atoms with Crippen LogP contribution >= 0.6 is 0 Å². The molecule has 196 valence electrons. The Kier molecular flexibility index (Phi) is 7.65. The average molecular weight is 516 g/mol. The predicted molar refractivity (Wildman–Crippen MR) is 134 cm³/mol. The summed E-state index contributed by atoms with van der Waals surface area (Å²) in [6, 6.07) is 10.6. The van der Waals surface area contributed by atoms with Crippen LogP contribution in [0.25, 0.3) is 22.5 Å². The fraction of sp³-hybridized carbons (Fsp3) is 0.346. The zero-order chi connectivity index (χ0) is 26.7. The van der Waals surface area contributed by atoms with Crippen molar-refractivity contribution < 1.29 is 22.9 Å². The number of halogens is 3. The van der Waals surface area contributed by atoms with Crippen LogP contribution in [0.5, 0.6) is 0 Å². The molecule has 0 saturated carbocycles. The molecule has 0 spiro atoms. The van der Waals surface area contributed by atoms with E-state index in [-0.39, 0.29) is 22.5 Å². The lowest BCUT2D eigenvalue weighted by Gasteiger charge is -2.32. The summed E-state index contributed by atoms with van der Waals surface area (Å²) in [5.74, 6) is -0.767. The van der Waals surface area contributed by atoms with Crippen LogP contribution in [0.15, 0.2) is 48.5 Å². The molecule has 37 heavy (non-hydrogen) atoms. The molecule has 0 aliphatic carbocycles. The van der Waals surface area contributed by atoms with Gasteiger partial charge < -0.3 is 20.5 Å². The molecule has 1 saturated heterocycles. The van der Waals surface area contributed by atoms with Gasteiger partial charge in [0.2, 0.25) is 0 Å². The molecule has 0 radical (unpaired) electrons. The van der Waals surface area contributed by atoms with Gasteiger partial charge in [-0.25, -0.2) is 0 Å². The number of nitrogens with two attached hydrogens (primary N) is 1. The Labute approximate surface area is 212 Å². The number of benzene rings is 2. The van der Waals surface area contributed by atoms with E-state index in [1.165, 1.54) is 30.3 Å². The van der Waals surface area contributed by atoms with Gasteiger partial charge in [-0.2, -0.15) is 13.2 Å². The third-order valence-corrected chi connectivity index (χ3v) is 6.72. The summed E-state index contributed by atoms with van der Waals surface area (Å²) in [4.78, 5) is 31.5. The van der Waals surface area contributed by atoms with E-state index in [0.717, 1.165) is 44.9 Å². The number of amides is 1. The number of aromatic amines is 1. The lowest BCUT2D eigenvalue weighted by molar-refractivity contribution is -0.384. The fourth-order valence-electron chi connectivity index (χ4n) is 4.73. The highest BCUT2D eigenvalue weighted by molar-refractivity contribution is 6.03. The Balaban J connectivity index is 1.77. The first-order valence-electron chi connectivity index (χ1n) is 11.9. The molecule has 1 aliphatic rings. The summed E-state index contributed by atoms with van der Waals surface area (Å²) >= 11 is 0. The highest BCUT2D eigenvalue weighted by atomic mass is 19.4. The van der Waals surface area contributed by atoms with Crippen LogP contribution in [-0.4, -0.2) is 65.4 Å². The van der Waals surface area contributed by atoms with E-state index < -0.39 is 22.6 Å². The van der Waals surface area contributed by atoms with Crippen molar-refractivity contribution in [2.45, 2.75) is 19.0 Å². The number of H-pyrrole nitrogens is 1. The van der Waals surface area contributed by atoms with Crippen molar-refractivity contribution in [3.63, 3.8) is 0 Å². The molecule has 1 aromatic heterocycles. The second-order valence-corrected chi connectivity index (χ2v) is 9.19. The minimum atomic E-state index is -4.49. The van der Waals surface area contributed by atoms with Crippen molar-refractivity contribution in [3.05, 3.63) is 75.3 Å². The number of carbonyl (C=O) groups excluding carboxylic acids is 1. The van der Waals surface area contributed by atoms with Gasteiger partial charge in [-0.15, -0.1) is 0 Å². The highest BCUT2D eigenvalue weighted by Gasteiger charge is 2.31. The number of aromatic nitrogens is 1. The van der Waals surface area contributed by atoms with Crippen LogP contribution in [0.2, 0.25) is 0 Å². The molecule has 1 amide bonds. The van der Waals surface area contributed by atoms with Crippen molar-refractivity contribution in [2.75, 3.05) is 39.8 Å². The standard InChI is InChI=1S/C26H28F3N5O3/c1-32-13-15-33(16-14-32)12-4-6-20-22(25(30)35)24(19-5-2-3-7-21(19)34(36)37)31-23(20)17-8-10-18(11-9-17)26(27,28)29/h2-3,5,7-11,31H,4,6,12-16H2,1H3,(H2,30,35). The molecule has 0 unspecified atom stereocenters.